The van der Waals surface area contributed by atoms with Gasteiger partial charge in [-0.15, -0.1) is 0 Å². The lowest BCUT2D eigenvalue weighted by atomic mass is 10.1. The minimum atomic E-state index is -4.18. The molecule has 0 radical (unpaired) electrons. The van der Waals surface area contributed by atoms with E-state index >= 15 is 0 Å². The molecule has 0 atom stereocenters. The highest BCUT2D eigenvalue weighted by atomic mass is 19.4. The summed E-state index contributed by atoms with van der Waals surface area (Å²) in [5, 5.41) is 2.72. The largest absolute Gasteiger partial charge is 0.492 e. The maximum Gasteiger partial charge on any atom is 0.389 e. The number of nitrogens with one attached hydrogen (secondary N) is 1. The Labute approximate surface area is 143 Å². The lowest BCUT2D eigenvalue weighted by Gasteiger charge is -2.09. The highest BCUT2D eigenvalue weighted by Crippen LogP contribution is 2.22. The average molecular weight is 352 g/mol. The molecule has 0 bridgehead atoms. The monoisotopic (exact) mass is 352 g/mol. The summed E-state index contributed by atoms with van der Waals surface area (Å²) in [5.74, 6) is 0.315. The Morgan fingerprint density at radius 3 is 2.24 bits per heavy atom. The van der Waals surface area contributed by atoms with Gasteiger partial charge in [-0.1, -0.05) is 12.1 Å². The van der Waals surface area contributed by atoms with Crippen LogP contribution in [0, 0.1) is 0 Å². The van der Waals surface area contributed by atoms with Crippen LogP contribution in [0.25, 0.3) is 0 Å². The van der Waals surface area contributed by atoms with Gasteiger partial charge in [-0.2, -0.15) is 13.2 Å². The van der Waals surface area contributed by atoms with Gasteiger partial charge in [-0.3, -0.25) is 4.79 Å². The summed E-state index contributed by atoms with van der Waals surface area (Å²) in [5.41, 5.74) is 6.85. The predicted molar refractivity (Wildman–Crippen MR) is 89.8 cm³/mol. The minimum absolute atomic E-state index is 0.102. The van der Waals surface area contributed by atoms with Gasteiger partial charge >= 0.3 is 6.18 Å². The summed E-state index contributed by atoms with van der Waals surface area (Å²) < 4.78 is 42.0. The topological polar surface area (TPSA) is 64.3 Å². The molecule has 0 aliphatic heterocycles. The van der Waals surface area contributed by atoms with Gasteiger partial charge in [0.15, 0.2) is 0 Å². The van der Waals surface area contributed by atoms with Gasteiger partial charge < -0.3 is 15.8 Å². The normalized spacial score (nSPS) is 11.2. The number of hydrogen-bond donors (Lipinski definition) is 2. The van der Waals surface area contributed by atoms with Gasteiger partial charge in [0.2, 0.25) is 0 Å². The van der Waals surface area contributed by atoms with Crippen molar-refractivity contribution in [2.45, 2.75) is 19.0 Å². The Balaban J connectivity index is 1.92. The fourth-order valence-corrected chi connectivity index (χ4v) is 2.12. The summed E-state index contributed by atoms with van der Waals surface area (Å²) >= 11 is 0. The number of ether oxygens (including phenoxy) is 1. The number of aryl methyl sites for hydroxylation is 1. The number of benzene rings is 2. The lowest BCUT2D eigenvalue weighted by Crippen LogP contribution is -2.12. The fraction of sp³-hybridized carbons (Fsp3) is 0.278. The molecule has 3 N–H and O–H groups in total. The zero-order chi connectivity index (χ0) is 18.3. The molecule has 0 spiro atoms. The van der Waals surface area contributed by atoms with Gasteiger partial charge in [0, 0.05) is 24.2 Å². The molecule has 4 nitrogen and oxygen atoms in total. The number of anilines is 1. The maximum absolute atomic E-state index is 12.2. The first-order valence-electron chi connectivity index (χ1n) is 7.77. The first-order chi connectivity index (χ1) is 11.9. The predicted octanol–water partition coefficient (Wildman–Crippen LogP) is 3.77. The third kappa shape index (κ3) is 6.46. The van der Waals surface area contributed by atoms with Crippen LogP contribution in [0.15, 0.2) is 48.5 Å². The summed E-state index contributed by atoms with van der Waals surface area (Å²) in [6.45, 7) is 0.823. The molecule has 0 fully saturated rings. The summed E-state index contributed by atoms with van der Waals surface area (Å²) in [7, 11) is 0. The number of halogens is 3. The Kier molecular flexibility index (Phi) is 6.41. The zero-order valence-corrected chi connectivity index (χ0v) is 13.5. The van der Waals surface area contributed by atoms with Crippen molar-refractivity contribution in [2.24, 2.45) is 5.73 Å². The molecule has 25 heavy (non-hydrogen) atoms. The summed E-state index contributed by atoms with van der Waals surface area (Å²) in [6.07, 6.45) is -5.16. The van der Waals surface area contributed by atoms with E-state index in [1.807, 2.05) is 0 Å². The second kappa shape index (κ2) is 8.53. The van der Waals surface area contributed by atoms with E-state index in [9.17, 15) is 18.0 Å². The first-order valence-corrected chi connectivity index (χ1v) is 7.77. The molecule has 0 saturated carbocycles. The van der Waals surface area contributed by atoms with Gasteiger partial charge in [-0.25, -0.2) is 0 Å². The molecular weight excluding hydrogens is 333 g/mol. The van der Waals surface area contributed by atoms with Crippen LogP contribution in [0.3, 0.4) is 0 Å². The number of rotatable bonds is 7. The fourth-order valence-electron chi connectivity index (χ4n) is 2.12. The van der Waals surface area contributed by atoms with Crippen molar-refractivity contribution in [3.63, 3.8) is 0 Å². The number of nitrogens with two attached hydrogens (primary N) is 1. The van der Waals surface area contributed by atoms with Gasteiger partial charge in [-0.05, 0) is 48.4 Å². The average Bonchev–Trinajstić information content (AvgIpc) is 2.59. The Morgan fingerprint density at radius 1 is 1.04 bits per heavy atom. The van der Waals surface area contributed by atoms with Crippen LogP contribution in [-0.2, 0) is 6.42 Å². The SMILES string of the molecule is NCCOc1ccc(NC(=O)c2ccc(CCC(F)(F)F)cc2)cc1. The van der Waals surface area contributed by atoms with Crippen molar-refractivity contribution in [1.82, 2.24) is 0 Å². The third-order valence-corrected chi connectivity index (χ3v) is 3.41. The number of carbonyl (C=O) groups is 1. The van der Waals surface area contributed by atoms with Crippen molar-refractivity contribution in [3.05, 3.63) is 59.7 Å². The molecule has 0 aliphatic carbocycles. The van der Waals surface area contributed by atoms with Crippen LogP contribution in [0.1, 0.15) is 22.3 Å². The quantitative estimate of drug-likeness (QED) is 0.797. The standard InChI is InChI=1S/C18H19F3N2O2/c19-18(20,21)10-9-13-1-3-14(4-2-13)17(24)23-15-5-7-16(8-6-15)25-12-11-22/h1-8H,9-12,22H2,(H,23,24). The molecule has 0 unspecified atom stereocenters. The minimum Gasteiger partial charge on any atom is -0.492 e. The van der Waals surface area contributed by atoms with E-state index in [1.54, 1.807) is 24.3 Å². The van der Waals surface area contributed by atoms with Crippen LogP contribution >= 0.6 is 0 Å². The smallest absolute Gasteiger partial charge is 0.389 e. The van der Waals surface area contributed by atoms with Gasteiger partial charge in [0.25, 0.3) is 5.91 Å². The molecule has 0 heterocycles. The molecule has 2 aromatic carbocycles. The van der Waals surface area contributed by atoms with Gasteiger partial charge in [0.1, 0.15) is 12.4 Å². The number of carbonyl (C=O) groups excluding carboxylic acids is 1. The Bertz CT molecular complexity index is 683. The van der Waals surface area contributed by atoms with Gasteiger partial charge in [0.05, 0.1) is 0 Å². The van der Waals surface area contributed by atoms with E-state index in [4.69, 9.17) is 10.5 Å². The van der Waals surface area contributed by atoms with E-state index in [1.165, 1.54) is 24.3 Å². The van der Waals surface area contributed by atoms with E-state index in [0.717, 1.165) is 0 Å². The van der Waals surface area contributed by atoms with Crippen molar-refractivity contribution >= 4 is 11.6 Å². The molecule has 0 aliphatic rings. The molecule has 7 heteroatoms. The van der Waals surface area contributed by atoms with Crippen molar-refractivity contribution in [3.8, 4) is 5.75 Å². The highest BCUT2D eigenvalue weighted by molar-refractivity contribution is 6.04. The van der Waals surface area contributed by atoms with Crippen molar-refractivity contribution < 1.29 is 22.7 Å². The Hall–Kier alpha value is -2.54. The van der Waals surface area contributed by atoms with Crippen molar-refractivity contribution in [1.29, 1.82) is 0 Å². The molecule has 2 rings (SSSR count). The zero-order valence-electron chi connectivity index (χ0n) is 13.5. The number of alkyl halides is 3. The van der Waals surface area contributed by atoms with Crippen LogP contribution in [0.5, 0.6) is 5.75 Å². The first kappa shape index (κ1) is 18.8. The number of amides is 1. The maximum atomic E-state index is 12.2. The van der Waals surface area contributed by atoms with E-state index in [0.29, 0.717) is 35.7 Å². The molecule has 1 amide bonds. The molecule has 134 valence electrons. The second-order valence-electron chi connectivity index (χ2n) is 5.43. The molecular formula is C18H19F3N2O2. The van der Waals surface area contributed by atoms with E-state index < -0.39 is 12.6 Å². The summed E-state index contributed by atoms with van der Waals surface area (Å²) in [6, 6.07) is 12.9. The summed E-state index contributed by atoms with van der Waals surface area (Å²) in [4.78, 5) is 12.2. The molecule has 0 aromatic heterocycles. The lowest BCUT2D eigenvalue weighted by molar-refractivity contribution is -0.134. The molecule has 0 saturated heterocycles. The second-order valence-corrected chi connectivity index (χ2v) is 5.43. The van der Waals surface area contributed by atoms with Crippen LogP contribution < -0.4 is 15.8 Å². The Morgan fingerprint density at radius 2 is 1.68 bits per heavy atom. The highest BCUT2D eigenvalue weighted by Gasteiger charge is 2.26. The van der Waals surface area contributed by atoms with E-state index in [-0.39, 0.29) is 12.3 Å². The van der Waals surface area contributed by atoms with Crippen LogP contribution in [0.2, 0.25) is 0 Å². The third-order valence-electron chi connectivity index (χ3n) is 3.41. The number of hydrogen-bond acceptors (Lipinski definition) is 3. The van der Waals surface area contributed by atoms with Crippen molar-refractivity contribution in [2.75, 3.05) is 18.5 Å². The van der Waals surface area contributed by atoms with Crippen LogP contribution in [-0.4, -0.2) is 25.2 Å². The van der Waals surface area contributed by atoms with E-state index in [2.05, 4.69) is 5.32 Å². The molecule has 2 aromatic rings. The van der Waals surface area contributed by atoms with Crippen LogP contribution in [0.4, 0.5) is 18.9 Å².